The Hall–Kier alpha value is -1.75. The maximum atomic E-state index is 12.9. The zero-order chi connectivity index (χ0) is 17.7. The summed E-state index contributed by atoms with van der Waals surface area (Å²) in [7, 11) is -3.77. The highest BCUT2D eigenvalue weighted by Crippen LogP contribution is 2.09. The van der Waals surface area contributed by atoms with Gasteiger partial charge in [-0.2, -0.15) is 0 Å². The van der Waals surface area contributed by atoms with Crippen LogP contribution in [-0.4, -0.2) is 76.9 Å². The average molecular weight is 371 g/mol. The Balaban J connectivity index is 1.49. The largest absolute Gasteiger partial charge is 0.379 e. The van der Waals surface area contributed by atoms with Crippen LogP contribution in [0.1, 0.15) is 0 Å². The van der Waals surface area contributed by atoms with Gasteiger partial charge in [0.2, 0.25) is 5.96 Å². The van der Waals surface area contributed by atoms with Crippen LogP contribution in [-0.2, 0) is 14.8 Å². The Morgan fingerprint density at radius 3 is 2.48 bits per heavy atom. The third kappa shape index (κ3) is 5.11. The zero-order valence-corrected chi connectivity index (χ0v) is 14.6. The van der Waals surface area contributed by atoms with Crippen LogP contribution < -0.4 is 10.0 Å². The molecule has 0 saturated carbocycles. The van der Waals surface area contributed by atoms with Gasteiger partial charge in [0, 0.05) is 26.2 Å². The van der Waals surface area contributed by atoms with Crippen LogP contribution >= 0.6 is 0 Å². The molecule has 8 nitrogen and oxygen atoms in total. The van der Waals surface area contributed by atoms with Crippen LogP contribution in [0.2, 0.25) is 0 Å². The van der Waals surface area contributed by atoms with Gasteiger partial charge in [0.05, 0.1) is 31.4 Å². The Morgan fingerprint density at radius 2 is 1.84 bits per heavy atom. The fourth-order valence-electron chi connectivity index (χ4n) is 2.59. The highest BCUT2D eigenvalue weighted by Gasteiger charge is 2.20. The van der Waals surface area contributed by atoms with E-state index in [2.05, 4.69) is 24.8 Å². The van der Waals surface area contributed by atoms with E-state index in [1.54, 1.807) is 0 Å². The summed E-state index contributed by atoms with van der Waals surface area (Å²) >= 11 is 0. The number of nitrogens with zero attached hydrogens (tertiary/aromatic N) is 3. The van der Waals surface area contributed by atoms with Crippen molar-refractivity contribution in [1.82, 2.24) is 19.8 Å². The molecular weight excluding hydrogens is 349 g/mol. The molecule has 0 spiro atoms. The molecule has 25 heavy (non-hydrogen) atoms. The van der Waals surface area contributed by atoms with Gasteiger partial charge >= 0.3 is 0 Å². The number of nitrogens with one attached hydrogen (secondary N) is 2. The van der Waals surface area contributed by atoms with E-state index in [0.717, 1.165) is 51.5 Å². The highest BCUT2D eigenvalue weighted by molar-refractivity contribution is 7.90. The topological polar surface area (TPSA) is 86.3 Å². The number of sulfonamides is 1. The fourth-order valence-corrected chi connectivity index (χ4v) is 3.59. The molecule has 1 aromatic carbocycles. The molecule has 0 amide bonds. The summed E-state index contributed by atoms with van der Waals surface area (Å²) in [5.41, 5.74) is 0. The number of morpholine rings is 1. The standard InChI is InChI=1S/C15H22FN5O3S/c16-13-1-3-14(4-2-13)25(22,23)19-15-17-11-21(12-18-15)6-5-20-7-9-24-10-8-20/h1-4H,5-12H2,(H2,17,18,19). The first-order valence-electron chi connectivity index (χ1n) is 8.12. The molecule has 10 heteroatoms. The van der Waals surface area contributed by atoms with Crippen LogP contribution in [0.4, 0.5) is 4.39 Å². The first-order valence-corrected chi connectivity index (χ1v) is 9.60. The summed E-state index contributed by atoms with van der Waals surface area (Å²) < 4.78 is 45.1. The lowest BCUT2D eigenvalue weighted by molar-refractivity contribution is 0.0331. The van der Waals surface area contributed by atoms with Crippen molar-refractivity contribution < 1.29 is 17.5 Å². The molecule has 138 valence electrons. The third-order valence-corrected chi connectivity index (χ3v) is 5.44. The van der Waals surface area contributed by atoms with E-state index in [0.29, 0.717) is 13.3 Å². The first kappa shape index (κ1) is 18.1. The van der Waals surface area contributed by atoms with Crippen LogP contribution in [0.25, 0.3) is 0 Å². The molecule has 3 rings (SSSR count). The Labute approximate surface area is 146 Å². The number of halogens is 1. The molecule has 2 aliphatic rings. The van der Waals surface area contributed by atoms with Crippen molar-refractivity contribution >= 4 is 16.0 Å². The summed E-state index contributed by atoms with van der Waals surface area (Å²) in [5, 5.41) is 2.96. The van der Waals surface area contributed by atoms with E-state index in [4.69, 9.17) is 4.74 Å². The van der Waals surface area contributed by atoms with Crippen molar-refractivity contribution in [3.8, 4) is 0 Å². The van der Waals surface area contributed by atoms with Gasteiger partial charge in [-0.3, -0.25) is 9.80 Å². The average Bonchev–Trinajstić information content (AvgIpc) is 2.62. The van der Waals surface area contributed by atoms with Gasteiger partial charge < -0.3 is 10.1 Å². The zero-order valence-electron chi connectivity index (χ0n) is 13.8. The van der Waals surface area contributed by atoms with E-state index >= 15 is 0 Å². The molecule has 2 aliphatic heterocycles. The van der Waals surface area contributed by atoms with Gasteiger partial charge in [-0.15, -0.1) is 0 Å². The SMILES string of the molecule is O=S(=O)(NC1=NCN(CCN2CCOCC2)CN1)c1ccc(F)cc1. The maximum Gasteiger partial charge on any atom is 0.264 e. The predicted octanol–water partition coefficient (Wildman–Crippen LogP) is -0.388. The number of benzene rings is 1. The van der Waals surface area contributed by atoms with Crippen molar-refractivity contribution in [1.29, 1.82) is 0 Å². The molecule has 1 aromatic rings. The first-order chi connectivity index (χ1) is 12.0. The lowest BCUT2D eigenvalue weighted by Gasteiger charge is -2.31. The number of ether oxygens (including phenoxy) is 1. The van der Waals surface area contributed by atoms with Gasteiger partial charge in [0.15, 0.2) is 0 Å². The lowest BCUT2D eigenvalue weighted by Crippen LogP contribution is -2.51. The second kappa shape index (κ2) is 8.09. The Kier molecular flexibility index (Phi) is 5.84. The fraction of sp³-hybridized carbons (Fsp3) is 0.533. The summed E-state index contributed by atoms with van der Waals surface area (Å²) in [4.78, 5) is 8.64. The van der Waals surface area contributed by atoms with E-state index < -0.39 is 15.8 Å². The second-order valence-electron chi connectivity index (χ2n) is 5.89. The summed E-state index contributed by atoms with van der Waals surface area (Å²) in [6.07, 6.45) is 0. The number of aliphatic imine (C=N–C) groups is 1. The minimum atomic E-state index is -3.77. The minimum Gasteiger partial charge on any atom is -0.379 e. The minimum absolute atomic E-state index is 0.00635. The van der Waals surface area contributed by atoms with Crippen molar-refractivity contribution in [2.45, 2.75) is 4.90 Å². The maximum absolute atomic E-state index is 12.9. The molecule has 0 atom stereocenters. The van der Waals surface area contributed by atoms with Crippen molar-refractivity contribution in [2.75, 3.05) is 52.7 Å². The number of hydrogen-bond acceptors (Lipinski definition) is 7. The van der Waals surface area contributed by atoms with E-state index in [1.165, 1.54) is 12.1 Å². The van der Waals surface area contributed by atoms with Gasteiger partial charge in [-0.1, -0.05) is 0 Å². The van der Waals surface area contributed by atoms with Crippen molar-refractivity contribution in [3.05, 3.63) is 30.1 Å². The van der Waals surface area contributed by atoms with Gasteiger partial charge in [0.25, 0.3) is 10.0 Å². The van der Waals surface area contributed by atoms with Crippen LogP contribution in [0.15, 0.2) is 34.2 Å². The smallest absolute Gasteiger partial charge is 0.264 e. The molecule has 1 fully saturated rings. The molecule has 0 aliphatic carbocycles. The predicted molar refractivity (Wildman–Crippen MR) is 91.0 cm³/mol. The van der Waals surface area contributed by atoms with E-state index in [9.17, 15) is 12.8 Å². The van der Waals surface area contributed by atoms with Gasteiger partial charge in [-0.25, -0.2) is 22.5 Å². The van der Waals surface area contributed by atoms with Crippen LogP contribution in [0.5, 0.6) is 0 Å². The molecule has 2 heterocycles. The molecule has 0 radical (unpaired) electrons. The summed E-state index contributed by atoms with van der Waals surface area (Å²) in [5.74, 6) is -0.282. The van der Waals surface area contributed by atoms with Crippen molar-refractivity contribution in [2.24, 2.45) is 4.99 Å². The number of guanidine groups is 1. The lowest BCUT2D eigenvalue weighted by atomic mass is 10.4. The van der Waals surface area contributed by atoms with E-state index in [-0.39, 0.29) is 10.9 Å². The summed E-state index contributed by atoms with van der Waals surface area (Å²) in [6, 6.07) is 4.65. The monoisotopic (exact) mass is 371 g/mol. The van der Waals surface area contributed by atoms with Gasteiger partial charge in [0.1, 0.15) is 5.82 Å². The molecule has 0 unspecified atom stereocenters. The molecule has 1 saturated heterocycles. The normalized spacial score (nSPS) is 20.0. The third-order valence-electron chi connectivity index (χ3n) is 4.09. The molecule has 0 bridgehead atoms. The van der Waals surface area contributed by atoms with Gasteiger partial charge in [-0.05, 0) is 24.3 Å². The molecular formula is C15H22FN5O3S. The Bertz CT molecular complexity index is 704. The van der Waals surface area contributed by atoms with E-state index in [1.807, 2.05) is 0 Å². The summed E-state index contributed by atoms with van der Waals surface area (Å²) in [6.45, 7) is 6.11. The Morgan fingerprint density at radius 1 is 1.16 bits per heavy atom. The van der Waals surface area contributed by atoms with Crippen LogP contribution in [0, 0.1) is 5.82 Å². The van der Waals surface area contributed by atoms with Crippen LogP contribution in [0.3, 0.4) is 0 Å². The highest BCUT2D eigenvalue weighted by atomic mass is 32.2. The number of rotatable bonds is 5. The molecule has 0 aromatic heterocycles. The molecule has 2 N–H and O–H groups in total. The number of hydrogen-bond donors (Lipinski definition) is 2. The quantitative estimate of drug-likeness (QED) is 0.733. The second-order valence-corrected chi connectivity index (χ2v) is 7.57. The van der Waals surface area contributed by atoms with Crippen molar-refractivity contribution in [3.63, 3.8) is 0 Å².